The molecule has 0 N–H and O–H groups in total. The maximum Gasteiger partial charge on any atom is 0.313 e. The van der Waals surface area contributed by atoms with Gasteiger partial charge in [0.25, 0.3) is 0 Å². The van der Waals surface area contributed by atoms with Crippen LogP contribution in [0.1, 0.15) is 233 Å². The van der Waals surface area contributed by atoms with Crippen LogP contribution in [0.5, 0.6) is 0 Å². The molecule has 0 saturated heterocycles. The Morgan fingerprint density at radius 2 is 0.509 bits per heavy atom. The lowest BCUT2D eigenvalue weighted by atomic mass is 10.0. The molecule has 0 spiro atoms. The molecule has 320 valence electrons. The Bertz CT molecular complexity index is 842. The SMILES string of the molecule is CCCCCCCCCCCCCCCCCC(=O)[N+](C)(C)CC.CCCCCCCCCCCCCCCCCC(=O)[N+](C)(C)CC.O=S(=O)([O-])[O-]. The molecule has 0 fully saturated rings. The first kappa shape index (κ1) is 56.5. The number of unbranched alkanes of at least 4 members (excludes halogenated alkanes) is 28. The highest BCUT2D eigenvalue weighted by molar-refractivity contribution is 7.79. The lowest BCUT2D eigenvalue weighted by molar-refractivity contribution is -0.812. The third kappa shape index (κ3) is 47.2. The second kappa shape index (κ2) is 39.4. The summed E-state index contributed by atoms with van der Waals surface area (Å²) in [5, 5.41) is 0. The minimum absolute atomic E-state index is 0.396. The second-order valence-corrected chi connectivity index (χ2v) is 17.4. The van der Waals surface area contributed by atoms with E-state index in [1.165, 1.54) is 180 Å². The van der Waals surface area contributed by atoms with Crippen molar-refractivity contribution in [3.63, 3.8) is 0 Å². The van der Waals surface area contributed by atoms with Crippen molar-refractivity contribution in [2.24, 2.45) is 0 Å². The molecule has 0 heterocycles. The van der Waals surface area contributed by atoms with E-state index in [2.05, 4.69) is 27.7 Å². The smallest absolute Gasteiger partial charge is 0.313 e. The van der Waals surface area contributed by atoms with Crippen molar-refractivity contribution in [2.75, 3.05) is 41.3 Å². The predicted molar refractivity (Wildman–Crippen MR) is 225 cm³/mol. The number of nitrogens with zero attached hydrogens (tertiary/aromatic N) is 2. The largest absolute Gasteiger partial charge is 0.759 e. The number of amides is 2. The van der Waals surface area contributed by atoms with Crippen molar-refractivity contribution in [1.82, 2.24) is 0 Å². The predicted octanol–water partition coefficient (Wildman–Crippen LogP) is 12.4. The van der Waals surface area contributed by atoms with Gasteiger partial charge >= 0.3 is 11.8 Å². The third-order valence-electron chi connectivity index (χ3n) is 10.9. The molecule has 0 aromatic heterocycles. The molecule has 0 bridgehead atoms. The molecule has 0 aromatic rings. The highest BCUT2D eigenvalue weighted by Gasteiger charge is 2.23. The van der Waals surface area contributed by atoms with Gasteiger partial charge in [-0.1, -0.05) is 194 Å². The van der Waals surface area contributed by atoms with E-state index in [4.69, 9.17) is 17.5 Å². The average Bonchev–Trinajstić information content (AvgIpc) is 3.10. The third-order valence-corrected chi connectivity index (χ3v) is 10.9. The first-order chi connectivity index (χ1) is 25.1. The van der Waals surface area contributed by atoms with Crippen molar-refractivity contribution in [3.05, 3.63) is 0 Å². The number of quaternary nitrogens is 2. The van der Waals surface area contributed by atoms with Gasteiger partial charge in [0.2, 0.25) is 0 Å². The van der Waals surface area contributed by atoms with E-state index < -0.39 is 10.4 Å². The Hall–Kier alpha value is -0.870. The summed E-state index contributed by atoms with van der Waals surface area (Å²) in [5.74, 6) is 0.791. The summed E-state index contributed by atoms with van der Waals surface area (Å²) in [6.45, 7) is 10.5. The summed E-state index contributed by atoms with van der Waals surface area (Å²) in [6, 6.07) is 0. The van der Waals surface area contributed by atoms with Crippen LogP contribution in [0.2, 0.25) is 0 Å². The Balaban J connectivity index is -0.000000835. The van der Waals surface area contributed by atoms with Gasteiger partial charge < -0.3 is 9.11 Å². The molecule has 0 unspecified atom stereocenters. The van der Waals surface area contributed by atoms with Gasteiger partial charge in [0, 0.05) is 10.4 Å². The van der Waals surface area contributed by atoms with Crippen LogP contribution in [0.25, 0.3) is 0 Å². The van der Waals surface area contributed by atoms with Crippen LogP contribution < -0.4 is 0 Å². The average molecular weight is 777 g/mol. The van der Waals surface area contributed by atoms with Crippen molar-refractivity contribution >= 4 is 22.2 Å². The van der Waals surface area contributed by atoms with Gasteiger partial charge in [0.05, 0.1) is 54.1 Å². The number of rotatable bonds is 34. The summed E-state index contributed by atoms with van der Waals surface area (Å²) in [4.78, 5) is 24.0. The first-order valence-corrected chi connectivity index (χ1v) is 23.8. The van der Waals surface area contributed by atoms with Crippen molar-refractivity contribution < 1.29 is 36.1 Å². The van der Waals surface area contributed by atoms with Crippen LogP contribution in [0.15, 0.2) is 0 Å². The summed E-state index contributed by atoms with van der Waals surface area (Å²) in [6.07, 6.45) is 42.8. The van der Waals surface area contributed by atoms with Gasteiger partial charge in [0.1, 0.15) is 0 Å². The van der Waals surface area contributed by atoms with Gasteiger partial charge in [-0.15, -0.1) is 0 Å². The summed E-state index contributed by atoms with van der Waals surface area (Å²) in [7, 11) is 2.92. The molecule has 0 aliphatic carbocycles. The summed E-state index contributed by atoms with van der Waals surface area (Å²) >= 11 is 0. The molecule has 9 heteroatoms. The Labute approximate surface area is 331 Å². The van der Waals surface area contributed by atoms with E-state index in [1.807, 2.05) is 28.2 Å². The fourth-order valence-corrected chi connectivity index (χ4v) is 6.25. The van der Waals surface area contributed by atoms with E-state index >= 15 is 0 Å². The fraction of sp³-hybridized carbons (Fsp3) is 0.955. The highest BCUT2D eigenvalue weighted by Crippen LogP contribution is 2.16. The maximum atomic E-state index is 12.0. The first-order valence-electron chi connectivity index (χ1n) is 22.5. The van der Waals surface area contributed by atoms with E-state index in [1.54, 1.807) is 0 Å². The number of hydrogen-bond donors (Lipinski definition) is 0. The molecule has 0 saturated carbocycles. The molecule has 0 aromatic carbocycles. The molecule has 0 radical (unpaired) electrons. The Morgan fingerprint density at radius 1 is 0.358 bits per heavy atom. The molecular weight excluding hydrogens is 685 g/mol. The molecule has 0 rings (SSSR count). The van der Waals surface area contributed by atoms with Crippen molar-refractivity contribution in [2.45, 2.75) is 233 Å². The molecule has 0 aliphatic heterocycles. The van der Waals surface area contributed by atoms with Gasteiger partial charge in [-0.2, -0.15) is 0 Å². The van der Waals surface area contributed by atoms with Gasteiger partial charge in [-0.3, -0.25) is 17.4 Å². The quantitative estimate of drug-likeness (QED) is 0.0278. The summed E-state index contributed by atoms with van der Waals surface area (Å²) < 4.78 is 35.2. The minimum Gasteiger partial charge on any atom is -0.759 e. The zero-order valence-electron chi connectivity index (χ0n) is 36.8. The normalized spacial score (nSPS) is 11.8. The topological polar surface area (TPSA) is 114 Å². The van der Waals surface area contributed by atoms with E-state index in [9.17, 15) is 9.59 Å². The maximum absolute atomic E-state index is 12.0. The monoisotopic (exact) mass is 777 g/mol. The zero-order valence-corrected chi connectivity index (χ0v) is 37.6. The molecule has 53 heavy (non-hydrogen) atoms. The minimum atomic E-state index is -5.17. The van der Waals surface area contributed by atoms with Crippen molar-refractivity contribution in [3.8, 4) is 0 Å². The standard InChI is InChI=1S/2C22H46NO.H2O4S/c2*1-5-7-8-9-10-11-12-13-14-15-16-17-18-19-20-21-22(24)23(3,4)6-2;1-5(2,3)4/h2*5-21H2,1-4H3;(H2,1,2,3,4)/q2*+1;/p-2. The van der Waals surface area contributed by atoms with Crippen LogP contribution in [0, 0.1) is 0 Å². The number of carbonyl (C=O) groups is 2. The molecule has 0 atom stereocenters. The van der Waals surface area contributed by atoms with Gasteiger partial charge in [-0.05, 0) is 26.7 Å². The molecular formula is C44H92N2O6S. The van der Waals surface area contributed by atoms with Crippen molar-refractivity contribution in [1.29, 1.82) is 0 Å². The van der Waals surface area contributed by atoms with Gasteiger partial charge in [0.15, 0.2) is 0 Å². The van der Waals surface area contributed by atoms with Crippen LogP contribution in [-0.2, 0) is 20.0 Å². The molecule has 2 amide bonds. The fourth-order valence-electron chi connectivity index (χ4n) is 6.25. The highest BCUT2D eigenvalue weighted by atomic mass is 32.3. The lowest BCUT2D eigenvalue weighted by Crippen LogP contribution is -2.45. The zero-order chi connectivity index (χ0) is 40.7. The number of hydrogen-bond acceptors (Lipinski definition) is 6. The van der Waals surface area contributed by atoms with Crippen LogP contribution in [0.3, 0.4) is 0 Å². The van der Waals surface area contributed by atoms with Crippen LogP contribution in [0.4, 0.5) is 0 Å². The van der Waals surface area contributed by atoms with Crippen LogP contribution in [-0.4, -0.2) is 79.6 Å². The van der Waals surface area contributed by atoms with E-state index in [0.717, 1.165) is 38.8 Å². The molecule has 0 aliphatic rings. The van der Waals surface area contributed by atoms with Gasteiger partial charge in [-0.25, -0.2) is 9.59 Å². The lowest BCUT2D eigenvalue weighted by Gasteiger charge is -2.24. The van der Waals surface area contributed by atoms with E-state index in [-0.39, 0.29) is 0 Å². The Morgan fingerprint density at radius 3 is 0.660 bits per heavy atom. The molecule has 8 nitrogen and oxygen atoms in total. The number of carbonyl (C=O) groups excluding carboxylic acids is 2. The van der Waals surface area contributed by atoms with Crippen LogP contribution >= 0.6 is 0 Å². The van der Waals surface area contributed by atoms with E-state index in [0.29, 0.717) is 20.8 Å². The Kier molecular flexibility index (Phi) is 41.9. The summed E-state index contributed by atoms with van der Waals surface area (Å²) in [5.41, 5.74) is 0. The second-order valence-electron chi connectivity index (χ2n) is 16.6.